The molecule has 2 aliphatic heterocycles. The zero-order valence-electron chi connectivity index (χ0n) is 21.7. The number of nitrogens with zero attached hydrogens (tertiary/aromatic N) is 5. The van der Waals surface area contributed by atoms with Crippen LogP contribution in [0.5, 0.6) is 0 Å². The van der Waals surface area contributed by atoms with Gasteiger partial charge in [0, 0.05) is 50.0 Å². The molecule has 3 aromatic heterocycles. The van der Waals surface area contributed by atoms with Gasteiger partial charge < -0.3 is 25.2 Å². The van der Waals surface area contributed by atoms with Crippen LogP contribution >= 0.6 is 0 Å². The van der Waals surface area contributed by atoms with Crippen LogP contribution < -0.4 is 15.5 Å². The van der Waals surface area contributed by atoms with Crippen molar-refractivity contribution in [2.24, 2.45) is 0 Å². The Morgan fingerprint density at radius 2 is 2.08 bits per heavy atom. The Balaban J connectivity index is 1.10. The summed E-state index contributed by atoms with van der Waals surface area (Å²) in [5.41, 5.74) is 5.42. The van der Waals surface area contributed by atoms with E-state index in [2.05, 4.69) is 43.5 Å². The van der Waals surface area contributed by atoms with Crippen LogP contribution in [0.2, 0.25) is 0 Å². The Morgan fingerprint density at radius 3 is 2.90 bits per heavy atom. The highest BCUT2D eigenvalue weighted by Crippen LogP contribution is 2.35. The summed E-state index contributed by atoms with van der Waals surface area (Å²) in [7, 11) is 2.18. The monoisotopic (exact) mass is 527 g/mol. The molecule has 0 radical (unpaired) electrons. The van der Waals surface area contributed by atoms with Gasteiger partial charge in [-0.2, -0.15) is 0 Å². The van der Waals surface area contributed by atoms with Crippen LogP contribution in [-0.2, 0) is 11.3 Å². The summed E-state index contributed by atoms with van der Waals surface area (Å²) in [5.74, 6) is 0.188. The number of nitrogens with one attached hydrogen (secondary N) is 2. The Morgan fingerprint density at radius 1 is 1.18 bits per heavy atom. The first-order chi connectivity index (χ1) is 19.0. The molecule has 0 unspecified atom stereocenters. The number of likely N-dealkylation sites (N-methyl/N-ethyl adjacent to an activating group) is 1. The van der Waals surface area contributed by atoms with Gasteiger partial charge in [-0.15, -0.1) is 0 Å². The van der Waals surface area contributed by atoms with Gasteiger partial charge in [-0.25, -0.2) is 14.4 Å². The summed E-state index contributed by atoms with van der Waals surface area (Å²) >= 11 is 0. The predicted molar refractivity (Wildman–Crippen MR) is 147 cm³/mol. The number of morpholine rings is 1. The number of amides is 1. The molecule has 1 aliphatic carbocycles. The average molecular weight is 528 g/mol. The molecule has 1 aromatic carbocycles. The zero-order chi connectivity index (χ0) is 26.5. The van der Waals surface area contributed by atoms with Crippen LogP contribution in [0.25, 0.3) is 16.9 Å². The standard InChI is InChI=1S/C29H30FN7O2/c1-35(19-2-3-19)16-21-17-36(10-11-39-21)20-4-7-26(31-13-20)34-24-6-5-22(23-14-33-29(38)28(23)24)25-15-32-27-12-18(30)8-9-37(25)27/h4-9,12-13,15,19,21H,2-3,10-11,14,16-17H2,1H3,(H,31,34)(H,33,38)/t21-/m1/s1. The highest BCUT2D eigenvalue weighted by atomic mass is 19.1. The number of aromatic nitrogens is 3. The number of benzene rings is 1. The number of hydrogen-bond donors (Lipinski definition) is 2. The van der Waals surface area contributed by atoms with E-state index in [4.69, 9.17) is 4.74 Å². The Kier molecular flexibility index (Phi) is 5.93. The normalized spacial score (nSPS) is 19.0. The van der Waals surface area contributed by atoms with Gasteiger partial charge in [0.05, 0.1) is 47.7 Å². The quantitative estimate of drug-likeness (QED) is 0.378. The van der Waals surface area contributed by atoms with E-state index in [1.54, 1.807) is 12.4 Å². The average Bonchev–Trinajstić information content (AvgIpc) is 3.62. The zero-order valence-corrected chi connectivity index (χ0v) is 21.7. The van der Waals surface area contributed by atoms with Crippen LogP contribution in [-0.4, -0.2) is 70.6 Å². The fourth-order valence-electron chi connectivity index (χ4n) is 5.68. The van der Waals surface area contributed by atoms with Crippen molar-refractivity contribution in [3.63, 3.8) is 0 Å². The third kappa shape index (κ3) is 4.59. The predicted octanol–water partition coefficient (Wildman–Crippen LogP) is 3.82. The number of carbonyl (C=O) groups is 1. The lowest BCUT2D eigenvalue weighted by Gasteiger charge is -2.36. The number of halogens is 1. The van der Waals surface area contributed by atoms with Crippen molar-refractivity contribution in [1.29, 1.82) is 0 Å². The number of rotatable bonds is 7. The van der Waals surface area contributed by atoms with Crippen molar-refractivity contribution >= 4 is 28.7 Å². The Bertz CT molecular complexity index is 1550. The fraction of sp³-hybridized carbons (Fsp3) is 0.345. The SMILES string of the molecule is CN(C[C@@H]1CN(c2ccc(Nc3ccc(-c4cnc5cc(F)ccn45)c4c3C(=O)NC4)nc2)CCO1)C1CC1. The number of fused-ring (bicyclic) bond motifs is 2. The maximum absolute atomic E-state index is 13.7. The van der Waals surface area contributed by atoms with Crippen LogP contribution in [0.4, 0.5) is 21.6 Å². The van der Waals surface area contributed by atoms with Gasteiger partial charge >= 0.3 is 0 Å². The minimum absolute atomic E-state index is 0.138. The second kappa shape index (κ2) is 9.62. The second-order valence-electron chi connectivity index (χ2n) is 10.5. The summed E-state index contributed by atoms with van der Waals surface area (Å²) in [6.07, 6.45) is 8.02. The van der Waals surface area contributed by atoms with Crippen molar-refractivity contribution < 1.29 is 13.9 Å². The lowest BCUT2D eigenvalue weighted by molar-refractivity contribution is 0.0192. The van der Waals surface area contributed by atoms with Crippen LogP contribution in [0.1, 0.15) is 28.8 Å². The summed E-state index contributed by atoms with van der Waals surface area (Å²) in [5, 5.41) is 6.28. The molecule has 1 amide bonds. The number of pyridine rings is 2. The molecule has 1 saturated carbocycles. The Labute approximate surface area is 225 Å². The summed E-state index contributed by atoms with van der Waals surface area (Å²) in [4.78, 5) is 26.6. The van der Waals surface area contributed by atoms with Gasteiger partial charge in [-0.1, -0.05) is 6.07 Å². The maximum Gasteiger partial charge on any atom is 0.254 e. The molecule has 1 atom stereocenters. The molecular weight excluding hydrogens is 497 g/mol. The fourth-order valence-corrected chi connectivity index (χ4v) is 5.68. The highest BCUT2D eigenvalue weighted by molar-refractivity contribution is 6.06. The van der Waals surface area contributed by atoms with Crippen LogP contribution in [0, 0.1) is 5.82 Å². The molecule has 3 aliphatic rings. The molecule has 39 heavy (non-hydrogen) atoms. The number of carbonyl (C=O) groups excluding carboxylic acids is 1. The molecule has 5 heterocycles. The van der Waals surface area contributed by atoms with Crippen molar-refractivity contribution in [1.82, 2.24) is 24.6 Å². The molecule has 9 nitrogen and oxygen atoms in total. The maximum atomic E-state index is 13.7. The lowest BCUT2D eigenvalue weighted by atomic mass is 9.99. The van der Waals surface area contributed by atoms with E-state index in [9.17, 15) is 9.18 Å². The summed E-state index contributed by atoms with van der Waals surface area (Å²) in [6, 6.07) is 11.4. The van der Waals surface area contributed by atoms with Gasteiger partial charge in [-0.05, 0) is 49.7 Å². The molecule has 0 spiro atoms. The van der Waals surface area contributed by atoms with Gasteiger partial charge in [-0.3, -0.25) is 9.20 Å². The van der Waals surface area contributed by atoms with Crippen molar-refractivity contribution in [2.75, 3.05) is 43.5 Å². The molecule has 4 aromatic rings. The molecule has 200 valence electrons. The second-order valence-corrected chi connectivity index (χ2v) is 10.5. The molecular formula is C29H30FN7O2. The van der Waals surface area contributed by atoms with E-state index in [0.717, 1.165) is 48.2 Å². The van der Waals surface area contributed by atoms with E-state index in [1.807, 2.05) is 28.8 Å². The van der Waals surface area contributed by atoms with E-state index in [1.165, 1.54) is 25.0 Å². The van der Waals surface area contributed by atoms with Crippen LogP contribution in [0.15, 0.2) is 55.0 Å². The number of anilines is 3. The van der Waals surface area contributed by atoms with Crippen molar-refractivity contribution in [3.05, 3.63) is 71.9 Å². The minimum Gasteiger partial charge on any atom is -0.373 e. The van der Waals surface area contributed by atoms with Gasteiger partial charge in [0.2, 0.25) is 0 Å². The molecule has 2 fully saturated rings. The minimum atomic E-state index is -0.339. The van der Waals surface area contributed by atoms with E-state index in [-0.39, 0.29) is 17.8 Å². The van der Waals surface area contributed by atoms with Gasteiger partial charge in [0.25, 0.3) is 5.91 Å². The smallest absolute Gasteiger partial charge is 0.254 e. The molecule has 1 saturated heterocycles. The molecule has 2 N–H and O–H groups in total. The largest absolute Gasteiger partial charge is 0.373 e. The van der Waals surface area contributed by atoms with E-state index < -0.39 is 0 Å². The summed E-state index contributed by atoms with van der Waals surface area (Å²) in [6.45, 7) is 3.75. The third-order valence-electron chi connectivity index (χ3n) is 7.89. The number of ether oxygens (including phenoxy) is 1. The van der Waals surface area contributed by atoms with Gasteiger partial charge in [0.15, 0.2) is 0 Å². The van der Waals surface area contributed by atoms with Crippen LogP contribution in [0.3, 0.4) is 0 Å². The third-order valence-corrected chi connectivity index (χ3v) is 7.89. The van der Waals surface area contributed by atoms with Gasteiger partial charge in [0.1, 0.15) is 17.3 Å². The van der Waals surface area contributed by atoms with E-state index in [0.29, 0.717) is 35.9 Å². The number of imidazole rings is 1. The van der Waals surface area contributed by atoms with Crippen molar-refractivity contribution in [3.8, 4) is 11.3 Å². The van der Waals surface area contributed by atoms with Crippen molar-refractivity contribution in [2.45, 2.75) is 31.5 Å². The molecule has 0 bridgehead atoms. The molecule has 7 rings (SSSR count). The summed E-state index contributed by atoms with van der Waals surface area (Å²) < 4.78 is 21.5. The first kappa shape index (κ1) is 24.1. The lowest BCUT2D eigenvalue weighted by Crippen LogP contribution is -2.47. The Hall–Kier alpha value is -4.02. The highest BCUT2D eigenvalue weighted by Gasteiger charge is 2.30. The number of hydrogen-bond acceptors (Lipinski definition) is 7. The first-order valence-electron chi connectivity index (χ1n) is 13.4. The topological polar surface area (TPSA) is 87.0 Å². The first-order valence-corrected chi connectivity index (χ1v) is 13.4. The molecule has 10 heteroatoms. The van der Waals surface area contributed by atoms with E-state index >= 15 is 0 Å².